The van der Waals surface area contributed by atoms with E-state index in [9.17, 15) is 18.8 Å². The number of anilines is 1. The summed E-state index contributed by atoms with van der Waals surface area (Å²) in [5, 5.41) is 20.2. The second kappa shape index (κ2) is 36.3. The Labute approximate surface area is 680 Å². The first-order chi connectivity index (χ1) is 56.5. The number of piperidine rings is 4. The normalized spacial score (nSPS) is 17.2. The van der Waals surface area contributed by atoms with E-state index in [2.05, 4.69) is 151 Å². The second-order valence-electron chi connectivity index (χ2n) is 33.3. The molecule has 0 bridgehead atoms. The summed E-state index contributed by atoms with van der Waals surface area (Å²) >= 11 is 0. The van der Waals surface area contributed by atoms with Gasteiger partial charge in [0.15, 0.2) is 17.3 Å². The molecule has 20 nitrogen and oxygen atoms in total. The molecular formula is C95H109FN16O4. The minimum absolute atomic E-state index is 0.0473. The van der Waals surface area contributed by atoms with Crippen LogP contribution in [0.25, 0.3) is 65.7 Å². The van der Waals surface area contributed by atoms with E-state index in [0.717, 1.165) is 169 Å². The molecule has 6 aliphatic rings. The van der Waals surface area contributed by atoms with Crippen molar-refractivity contribution in [3.05, 3.63) is 233 Å². The number of pyridine rings is 4. The quantitative estimate of drug-likeness (QED) is 0.0550. The summed E-state index contributed by atoms with van der Waals surface area (Å²) < 4.78 is 24.1. The predicted molar refractivity (Wildman–Crippen MR) is 458 cm³/mol. The highest BCUT2D eigenvalue weighted by molar-refractivity contribution is 6.00. The lowest BCUT2D eigenvalue weighted by Crippen LogP contribution is -2.60. The monoisotopic (exact) mass is 1560 g/mol. The fraction of sp³-hybridized carbons (Fsp3) is 0.411. The minimum atomic E-state index is -1.40. The van der Waals surface area contributed by atoms with Gasteiger partial charge < -0.3 is 14.5 Å². The molecule has 0 N–H and O–H groups in total. The van der Waals surface area contributed by atoms with Gasteiger partial charge in [-0.05, 0) is 254 Å². The molecule has 0 aliphatic carbocycles. The maximum atomic E-state index is 13.4. The van der Waals surface area contributed by atoms with Crippen LogP contribution in [0.2, 0.25) is 0 Å². The molecule has 116 heavy (non-hydrogen) atoms. The molecule has 6 aliphatic heterocycles. The molecule has 12 aromatic rings. The Morgan fingerprint density at radius 1 is 0.405 bits per heavy atom. The molecule has 6 saturated heterocycles. The Bertz CT molecular complexity index is 5440. The number of hydrogen-bond donors (Lipinski definition) is 0. The zero-order chi connectivity index (χ0) is 79.7. The number of carbonyl (C=O) groups excluding carboxylic acids is 3. The summed E-state index contributed by atoms with van der Waals surface area (Å²) in [6.07, 6.45) is 29.3. The number of aryl methyl sites for hydroxylation is 3. The number of aromatic nitrogens is 10. The Hall–Kier alpha value is -10.6. The van der Waals surface area contributed by atoms with Gasteiger partial charge in [-0.1, -0.05) is 73.9 Å². The highest BCUT2D eigenvalue weighted by Crippen LogP contribution is 2.42. The van der Waals surface area contributed by atoms with Crippen LogP contribution in [0, 0.1) is 5.41 Å². The van der Waals surface area contributed by atoms with E-state index < -0.39 is 6.36 Å². The van der Waals surface area contributed by atoms with E-state index in [-0.39, 0.29) is 30.2 Å². The van der Waals surface area contributed by atoms with Crippen LogP contribution in [-0.4, -0.2) is 183 Å². The number of nitrogens with zero attached hydrogens (tertiary/aromatic N) is 16. The molecule has 1 spiro atoms. The van der Waals surface area contributed by atoms with Crippen LogP contribution in [0.3, 0.4) is 0 Å². The summed E-state index contributed by atoms with van der Waals surface area (Å²) in [7, 11) is 8.29. The molecule has 1 unspecified atom stereocenters. The number of benzene rings is 5. The van der Waals surface area contributed by atoms with Crippen LogP contribution in [0.15, 0.2) is 177 Å². The summed E-state index contributed by atoms with van der Waals surface area (Å²) in [5.74, 6) is 1.46. The van der Waals surface area contributed by atoms with Gasteiger partial charge in [0.2, 0.25) is 6.36 Å². The highest BCUT2D eigenvalue weighted by Gasteiger charge is 2.45. The largest absolute Gasteiger partial charge is 0.461 e. The molecule has 7 aromatic heterocycles. The fourth-order valence-corrected chi connectivity index (χ4v) is 17.9. The van der Waals surface area contributed by atoms with E-state index in [1.54, 1.807) is 30.5 Å². The molecule has 0 radical (unpaired) electrons. The first kappa shape index (κ1) is 79.3. The van der Waals surface area contributed by atoms with Crippen LogP contribution in [0.5, 0.6) is 5.75 Å². The lowest BCUT2D eigenvalue weighted by atomic mass is 9.72. The van der Waals surface area contributed by atoms with E-state index in [0.29, 0.717) is 34.4 Å². The van der Waals surface area contributed by atoms with Crippen molar-refractivity contribution in [2.75, 3.05) is 90.5 Å². The van der Waals surface area contributed by atoms with Gasteiger partial charge in [-0.2, -0.15) is 15.3 Å². The molecule has 21 heteroatoms. The fourth-order valence-electron chi connectivity index (χ4n) is 17.9. The smallest absolute Gasteiger partial charge is 0.235 e. The molecule has 13 heterocycles. The number of likely N-dealkylation sites (tertiary alicyclic amines) is 5. The Morgan fingerprint density at radius 2 is 0.802 bits per heavy atom. The van der Waals surface area contributed by atoms with Gasteiger partial charge in [0, 0.05) is 164 Å². The van der Waals surface area contributed by atoms with Crippen LogP contribution >= 0.6 is 0 Å². The third-order valence-electron chi connectivity index (χ3n) is 24.8. The van der Waals surface area contributed by atoms with Gasteiger partial charge in [0.25, 0.3) is 0 Å². The number of ketones is 3. The minimum Gasteiger partial charge on any atom is -0.461 e. The zero-order valence-electron chi connectivity index (χ0n) is 68.1. The molecule has 18 rings (SSSR count). The van der Waals surface area contributed by atoms with Crippen molar-refractivity contribution >= 4 is 55.5 Å². The van der Waals surface area contributed by atoms with Crippen molar-refractivity contribution < 1.29 is 23.5 Å². The van der Waals surface area contributed by atoms with Crippen LogP contribution in [0.1, 0.15) is 161 Å². The zero-order valence-corrected chi connectivity index (χ0v) is 68.1. The molecule has 0 amide bonds. The van der Waals surface area contributed by atoms with Crippen molar-refractivity contribution in [3.8, 4) is 39.1 Å². The summed E-state index contributed by atoms with van der Waals surface area (Å²) in [6, 6.07) is 44.0. The van der Waals surface area contributed by atoms with Crippen molar-refractivity contribution in [2.45, 2.75) is 142 Å². The van der Waals surface area contributed by atoms with Gasteiger partial charge in [0.1, 0.15) is 11.6 Å². The van der Waals surface area contributed by atoms with Crippen molar-refractivity contribution in [3.63, 3.8) is 0 Å². The number of alkyl halides is 1. The number of halogens is 1. The maximum absolute atomic E-state index is 13.4. The number of carbonyl (C=O) groups is 3. The Morgan fingerprint density at radius 3 is 1.22 bits per heavy atom. The van der Waals surface area contributed by atoms with Crippen molar-refractivity contribution in [1.82, 2.24) is 73.8 Å². The van der Waals surface area contributed by atoms with E-state index in [1.807, 2.05) is 103 Å². The number of hydrogen-bond acceptors (Lipinski definition) is 17. The first-order valence-corrected chi connectivity index (χ1v) is 42.1. The third kappa shape index (κ3) is 19.3. The molecule has 6 fully saturated rings. The number of ether oxygens (including phenoxy) is 1. The average molecular weight is 1560 g/mol. The number of fused-ring (bicyclic) bond motifs is 3. The Kier molecular flexibility index (Phi) is 24.8. The average Bonchev–Trinajstić information content (AvgIpc) is 0.933. The molecule has 1 atom stereocenters. The molecule has 0 saturated carbocycles. The van der Waals surface area contributed by atoms with Crippen molar-refractivity contribution in [1.29, 1.82) is 0 Å². The van der Waals surface area contributed by atoms with Gasteiger partial charge in [-0.3, -0.25) is 63.0 Å². The molecular weight excluding hydrogens is 1450 g/mol. The lowest BCUT2D eigenvalue weighted by molar-refractivity contribution is 0.0859. The number of rotatable bonds is 23. The van der Waals surface area contributed by atoms with Crippen LogP contribution < -0.4 is 9.64 Å². The summed E-state index contributed by atoms with van der Waals surface area (Å²) in [5.41, 5.74) is 16.6. The predicted octanol–water partition coefficient (Wildman–Crippen LogP) is 16.4. The Balaban J connectivity index is 0.000000131. The topological polar surface area (TPSA) is 185 Å². The van der Waals surface area contributed by atoms with Crippen molar-refractivity contribution in [2.24, 2.45) is 26.6 Å². The third-order valence-corrected chi connectivity index (χ3v) is 24.8. The number of Topliss-reactive ketones (excluding diaryl/α,β-unsaturated/α-hetero) is 3. The highest BCUT2D eigenvalue weighted by atomic mass is 19.1. The molecule has 600 valence electrons. The SMILES string of the molecule is CC(F)Oc1ccc(C(=O)Cc2cc3cc(-c4cnn(C)c4CN4CCCCC4)ccc3cn2)cc1.CN1CCC2(CC1)CN(c1cc(C(=O)Cc3cc4cc(-c5cnn(C)c5CN5CCCCC5)ccc4cn3)ccn1)C2.Cn1ncc(-c2ccc3cnc(CC(=O)c4cccc(CN5CCCC5)c4)cc3c2)c1CN1CCCCC1. The van der Waals surface area contributed by atoms with E-state index in [4.69, 9.17) is 4.74 Å². The maximum Gasteiger partial charge on any atom is 0.235 e. The van der Waals surface area contributed by atoms with Gasteiger partial charge >= 0.3 is 0 Å². The van der Waals surface area contributed by atoms with Crippen LogP contribution in [-0.2, 0) is 66.6 Å². The summed E-state index contributed by atoms with van der Waals surface area (Å²) in [4.78, 5) is 72.6. The second-order valence-corrected chi connectivity index (χ2v) is 33.3. The molecule has 5 aromatic carbocycles. The van der Waals surface area contributed by atoms with Crippen LogP contribution in [0.4, 0.5) is 10.2 Å². The van der Waals surface area contributed by atoms with Gasteiger partial charge in [-0.15, -0.1) is 0 Å². The standard InChI is InChI=1S/C34H41N7O.C32H37N5O.C29H31FN4O2/c1-38-14-9-34(10-15-38)23-41(24-34)33-18-26(8-11-35-33)32(42)19-29-17-28-16-25(6-7-27(28)20-36-29)30-21-37-39(2)31(30)22-40-12-4-3-5-13-40;1-35-31(23-37-12-3-2-4-13-37)30(21-34-35)25-10-11-27-20-33-29(18-28(27)17-25)19-32(38)26-9-7-8-24(16-26)22-36-14-5-6-15-36;1-20(30)36-26-10-8-21(9-11-26)29(35)16-25-15-24-14-22(6-7-23(24)17-31-25)27-18-32-33(2)28(27)19-34-12-4-3-5-13-34/h6-8,11,16-18,20-21H,3-5,9-10,12-15,19,22-24H2,1-2H3;7-11,16-18,20-21H,2-6,12-15,19,22-23H2,1H3;6-11,14-15,17-18,20H,3-5,12-13,16,19H2,1-2H3. The van der Waals surface area contributed by atoms with Gasteiger partial charge in [0.05, 0.1) is 54.9 Å². The van der Waals surface area contributed by atoms with E-state index in [1.165, 1.54) is 137 Å². The van der Waals surface area contributed by atoms with E-state index >= 15 is 0 Å². The summed E-state index contributed by atoms with van der Waals surface area (Å²) in [6.45, 7) is 18.6. The van der Waals surface area contributed by atoms with Gasteiger partial charge in [-0.25, -0.2) is 9.37 Å². The first-order valence-electron chi connectivity index (χ1n) is 42.1. The lowest BCUT2D eigenvalue weighted by Gasteiger charge is -2.54.